The second-order valence-electron chi connectivity index (χ2n) is 11.7. The molecule has 0 fully saturated rings. The molecule has 49 heavy (non-hydrogen) atoms. The molecule has 0 radical (unpaired) electrons. The number of amides is 1. The number of aliphatic carboxylic acids is 1. The van der Waals surface area contributed by atoms with E-state index >= 15 is 0 Å². The highest BCUT2D eigenvalue weighted by atomic mass is 16.5. The molecule has 0 bridgehead atoms. The summed E-state index contributed by atoms with van der Waals surface area (Å²) in [6.07, 6.45) is 16.7. The summed E-state index contributed by atoms with van der Waals surface area (Å²) in [5.74, 6) is 0.371. The molecule has 0 aliphatic rings. The lowest BCUT2D eigenvalue weighted by Gasteiger charge is -2.18. The van der Waals surface area contributed by atoms with Gasteiger partial charge in [-0.1, -0.05) is 151 Å². The lowest BCUT2D eigenvalue weighted by atomic mass is 9.99. The Balaban J connectivity index is -0.00000245. The number of phenolic OH excluding ortho intramolecular Hbond substituents is 1. The smallest absolute Gasteiger partial charge is 0.326 e. The zero-order valence-electron chi connectivity index (χ0n) is 34.1. The van der Waals surface area contributed by atoms with Gasteiger partial charge >= 0.3 is 5.97 Å². The van der Waals surface area contributed by atoms with Gasteiger partial charge < -0.3 is 20.3 Å². The van der Waals surface area contributed by atoms with E-state index in [1.54, 1.807) is 12.1 Å². The summed E-state index contributed by atoms with van der Waals surface area (Å²) in [4.78, 5) is 24.4. The van der Waals surface area contributed by atoms with Gasteiger partial charge in [0.15, 0.2) is 0 Å². The number of carbonyl (C=O) groups excluding carboxylic acids is 1. The van der Waals surface area contributed by atoms with Crippen LogP contribution in [-0.4, -0.2) is 28.1 Å². The van der Waals surface area contributed by atoms with E-state index in [0.717, 1.165) is 47.1 Å². The van der Waals surface area contributed by atoms with Crippen LogP contribution in [0.5, 0.6) is 17.2 Å². The number of ether oxygens (including phenoxy) is 1. The largest absolute Gasteiger partial charge is 0.507 e. The molecule has 0 aliphatic heterocycles. The summed E-state index contributed by atoms with van der Waals surface area (Å²) in [6, 6.07) is 6.44. The standard InChI is InChI=1S/C35H53NO5.4C2H6/c1-6-7-8-9-10-11-12-13-14-15-16-17-18-19-32(37)36-31(35(39)40)24-29-20-27(4)34(28(5)21-29)41-30-22-25(2)33(38)26(3)23-30;4*1-2/h20-23,31,38H,6-19,24H2,1-5H3,(H,36,37)(H,39,40);4*1-2H3. The molecule has 6 heteroatoms. The van der Waals surface area contributed by atoms with Crippen LogP contribution in [0.3, 0.4) is 0 Å². The molecule has 2 aromatic rings. The molecule has 3 N–H and O–H groups in total. The van der Waals surface area contributed by atoms with E-state index in [9.17, 15) is 19.8 Å². The van der Waals surface area contributed by atoms with E-state index in [2.05, 4.69) is 12.2 Å². The number of hydrogen-bond donors (Lipinski definition) is 3. The summed E-state index contributed by atoms with van der Waals surface area (Å²) >= 11 is 0. The molecule has 284 valence electrons. The highest BCUT2D eigenvalue weighted by Gasteiger charge is 2.21. The van der Waals surface area contributed by atoms with Gasteiger partial charge in [0.2, 0.25) is 5.91 Å². The van der Waals surface area contributed by atoms with Crippen molar-refractivity contribution in [3.8, 4) is 17.2 Å². The van der Waals surface area contributed by atoms with E-state index in [1.807, 2.05) is 95.2 Å². The second-order valence-corrected chi connectivity index (χ2v) is 11.7. The predicted octanol–water partition coefficient (Wildman–Crippen LogP) is 13.1. The van der Waals surface area contributed by atoms with Gasteiger partial charge in [0.1, 0.15) is 23.3 Å². The molecule has 0 aromatic heterocycles. The molecule has 0 spiro atoms. The first kappa shape index (κ1) is 50.4. The van der Waals surface area contributed by atoms with Crippen LogP contribution < -0.4 is 10.1 Å². The Morgan fingerprint density at radius 3 is 1.41 bits per heavy atom. The van der Waals surface area contributed by atoms with Gasteiger partial charge in [-0.15, -0.1) is 0 Å². The number of carboxylic acid groups (broad SMARTS) is 1. The number of benzene rings is 2. The normalized spacial score (nSPS) is 10.4. The van der Waals surface area contributed by atoms with Gasteiger partial charge in [0, 0.05) is 12.8 Å². The fraction of sp³-hybridized carbons (Fsp3) is 0.674. The Labute approximate surface area is 302 Å². The first-order valence-corrected chi connectivity index (χ1v) is 19.7. The highest BCUT2D eigenvalue weighted by molar-refractivity contribution is 5.83. The summed E-state index contributed by atoms with van der Waals surface area (Å²) < 4.78 is 6.14. The highest BCUT2D eigenvalue weighted by Crippen LogP contribution is 2.34. The zero-order valence-corrected chi connectivity index (χ0v) is 34.1. The molecule has 2 rings (SSSR count). The number of aryl methyl sites for hydroxylation is 4. The van der Waals surface area contributed by atoms with Crippen molar-refractivity contribution in [1.82, 2.24) is 5.32 Å². The topological polar surface area (TPSA) is 95.9 Å². The third kappa shape index (κ3) is 23.1. The maximum Gasteiger partial charge on any atom is 0.326 e. The minimum Gasteiger partial charge on any atom is -0.507 e. The SMILES string of the molecule is CC.CC.CC.CC.CCCCCCCCCCCCCCCC(=O)NC(Cc1cc(C)c(Oc2cc(C)c(O)c(C)c2)c(C)c1)C(=O)O. The van der Waals surface area contributed by atoms with Crippen molar-refractivity contribution in [2.75, 3.05) is 0 Å². The van der Waals surface area contributed by atoms with Crippen molar-refractivity contribution in [3.05, 3.63) is 52.1 Å². The fourth-order valence-electron chi connectivity index (χ4n) is 5.42. The van der Waals surface area contributed by atoms with Crippen LogP contribution in [0.2, 0.25) is 0 Å². The predicted molar refractivity (Wildman–Crippen MR) is 213 cm³/mol. The number of aromatic hydroxyl groups is 1. The Morgan fingerprint density at radius 2 is 1.02 bits per heavy atom. The van der Waals surface area contributed by atoms with Crippen molar-refractivity contribution in [2.45, 2.75) is 192 Å². The van der Waals surface area contributed by atoms with Crippen molar-refractivity contribution in [3.63, 3.8) is 0 Å². The number of carboxylic acids is 1. The van der Waals surface area contributed by atoms with Crippen LogP contribution in [0.1, 0.15) is 180 Å². The summed E-state index contributed by atoms with van der Waals surface area (Å²) in [5, 5.41) is 22.5. The fourth-order valence-corrected chi connectivity index (χ4v) is 5.42. The average molecular weight is 688 g/mol. The Morgan fingerprint density at radius 1 is 0.633 bits per heavy atom. The van der Waals surface area contributed by atoms with Crippen molar-refractivity contribution >= 4 is 11.9 Å². The molecule has 1 unspecified atom stereocenters. The Kier molecular flexibility index (Phi) is 34.4. The van der Waals surface area contributed by atoms with Crippen LogP contribution in [0.4, 0.5) is 0 Å². The van der Waals surface area contributed by atoms with E-state index < -0.39 is 12.0 Å². The molecule has 1 amide bonds. The first-order chi connectivity index (χ1) is 23.6. The van der Waals surface area contributed by atoms with Crippen LogP contribution in [0.25, 0.3) is 0 Å². The summed E-state index contributed by atoms with van der Waals surface area (Å²) in [5.41, 5.74) is 4.08. The van der Waals surface area contributed by atoms with Gasteiger partial charge in [0.25, 0.3) is 0 Å². The number of carbonyl (C=O) groups is 2. The van der Waals surface area contributed by atoms with E-state index in [1.165, 1.54) is 64.2 Å². The quantitative estimate of drug-likeness (QED) is 0.120. The molecule has 6 nitrogen and oxygen atoms in total. The number of rotatable bonds is 20. The monoisotopic (exact) mass is 688 g/mol. The molecule has 0 saturated carbocycles. The number of phenols is 1. The maximum absolute atomic E-state index is 12.5. The van der Waals surface area contributed by atoms with Gasteiger partial charge in [-0.2, -0.15) is 0 Å². The molecule has 1 atom stereocenters. The number of unbranched alkanes of at least 4 members (excludes halogenated alkanes) is 12. The van der Waals surface area contributed by atoms with Crippen LogP contribution in [0.15, 0.2) is 24.3 Å². The summed E-state index contributed by atoms with van der Waals surface area (Å²) in [6.45, 7) is 25.8. The van der Waals surface area contributed by atoms with E-state index in [0.29, 0.717) is 17.9 Å². The van der Waals surface area contributed by atoms with E-state index in [4.69, 9.17) is 4.74 Å². The average Bonchev–Trinajstić information content (AvgIpc) is 3.10. The maximum atomic E-state index is 12.5. The molecular weight excluding hydrogens is 610 g/mol. The lowest BCUT2D eigenvalue weighted by Crippen LogP contribution is -2.42. The third-order valence-corrected chi connectivity index (χ3v) is 7.79. The van der Waals surface area contributed by atoms with Crippen LogP contribution >= 0.6 is 0 Å². The minimum absolute atomic E-state index is 0.202. The Hall–Kier alpha value is -3.02. The second kappa shape index (κ2) is 33.5. The van der Waals surface area contributed by atoms with Crippen molar-refractivity contribution in [1.29, 1.82) is 0 Å². The zero-order chi connectivity index (χ0) is 38.2. The summed E-state index contributed by atoms with van der Waals surface area (Å²) in [7, 11) is 0. The van der Waals surface area contributed by atoms with Crippen molar-refractivity contribution < 1.29 is 24.5 Å². The molecule has 2 aromatic carbocycles. The third-order valence-electron chi connectivity index (χ3n) is 7.79. The minimum atomic E-state index is -1.03. The van der Waals surface area contributed by atoms with Gasteiger partial charge in [-0.3, -0.25) is 4.79 Å². The molecular formula is C43H77NO5. The Bertz CT molecular complexity index is 1070. The van der Waals surface area contributed by atoms with Crippen molar-refractivity contribution in [2.24, 2.45) is 0 Å². The van der Waals surface area contributed by atoms with Gasteiger partial charge in [-0.05, 0) is 74.1 Å². The lowest BCUT2D eigenvalue weighted by molar-refractivity contribution is -0.141. The van der Waals surface area contributed by atoms with Gasteiger partial charge in [0.05, 0.1) is 0 Å². The van der Waals surface area contributed by atoms with Crippen LogP contribution in [-0.2, 0) is 16.0 Å². The molecule has 0 heterocycles. The van der Waals surface area contributed by atoms with Gasteiger partial charge in [-0.25, -0.2) is 4.79 Å². The molecule has 0 aliphatic carbocycles. The molecule has 0 saturated heterocycles. The number of hydrogen-bond acceptors (Lipinski definition) is 4. The van der Waals surface area contributed by atoms with E-state index in [-0.39, 0.29) is 18.1 Å². The van der Waals surface area contributed by atoms with Crippen LogP contribution in [0, 0.1) is 27.7 Å². The first-order valence-electron chi connectivity index (χ1n) is 19.7. The number of nitrogens with one attached hydrogen (secondary N) is 1.